The first-order chi connectivity index (χ1) is 9.11. The maximum absolute atomic E-state index is 9.16. The van der Waals surface area contributed by atoms with Crippen LogP contribution in [0.4, 0.5) is 5.69 Å². The minimum absolute atomic E-state index is 0.257. The summed E-state index contributed by atoms with van der Waals surface area (Å²) < 4.78 is 0. The lowest BCUT2D eigenvalue weighted by molar-refractivity contribution is 0.267. The van der Waals surface area contributed by atoms with Gasteiger partial charge < -0.3 is 15.3 Å². The van der Waals surface area contributed by atoms with Gasteiger partial charge in [-0.3, -0.25) is 0 Å². The van der Waals surface area contributed by atoms with E-state index in [4.69, 9.17) is 5.11 Å². The SMILES string of the molecule is Cc1ccc(N2CC(CCO)NCCC2C)cc1C. The number of aryl methyl sites for hydroxylation is 2. The summed E-state index contributed by atoms with van der Waals surface area (Å²) in [5, 5.41) is 12.7. The molecule has 1 aliphatic heterocycles. The second kappa shape index (κ2) is 6.40. The maximum Gasteiger partial charge on any atom is 0.0446 e. The highest BCUT2D eigenvalue weighted by Gasteiger charge is 2.22. The fraction of sp³-hybridized carbons (Fsp3) is 0.625. The zero-order chi connectivity index (χ0) is 13.8. The van der Waals surface area contributed by atoms with E-state index in [0.29, 0.717) is 12.1 Å². The van der Waals surface area contributed by atoms with Gasteiger partial charge in [-0.05, 0) is 63.4 Å². The van der Waals surface area contributed by atoms with E-state index in [2.05, 4.69) is 49.2 Å². The van der Waals surface area contributed by atoms with Crippen molar-refractivity contribution in [1.29, 1.82) is 0 Å². The van der Waals surface area contributed by atoms with E-state index in [1.165, 1.54) is 16.8 Å². The van der Waals surface area contributed by atoms with Gasteiger partial charge in [-0.15, -0.1) is 0 Å². The van der Waals surface area contributed by atoms with Crippen molar-refractivity contribution in [2.24, 2.45) is 0 Å². The van der Waals surface area contributed by atoms with Gasteiger partial charge in [-0.25, -0.2) is 0 Å². The molecule has 3 nitrogen and oxygen atoms in total. The van der Waals surface area contributed by atoms with Gasteiger partial charge in [-0.1, -0.05) is 6.07 Å². The molecule has 3 heteroatoms. The van der Waals surface area contributed by atoms with Crippen LogP contribution in [-0.4, -0.2) is 36.9 Å². The van der Waals surface area contributed by atoms with E-state index in [0.717, 1.165) is 25.9 Å². The number of benzene rings is 1. The molecule has 2 N–H and O–H groups in total. The Balaban J connectivity index is 2.20. The van der Waals surface area contributed by atoms with Gasteiger partial charge in [0.25, 0.3) is 0 Å². The van der Waals surface area contributed by atoms with E-state index in [1.54, 1.807) is 0 Å². The number of rotatable bonds is 3. The van der Waals surface area contributed by atoms with Crippen LogP contribution in [0.25, 0.3) is 0 Å². The van der Waals surface area contributed by atoms with Gasteiger partial charge in [-0.2, -0.15) is 0 Å². The number of anilines is 1. The monoisotopic (exact) mass is 262 g/mol. The van der Waals surface area contributed by atoms with E-state index >= 15 is 0 Å². The van der Waals surface area contributed by atoms with Crippen LogP contribution in [0.5, 0.6) is 0 Å². The zero-order valence-corrected chi connectivity index (χ0v) is 12.3. The van der Waals surface area contributed by atoms with Crippen molar-refractivity contribution in [3.63, 3.8) is 0 Å². The number of nitrogens with zero attached hydrogens (tertiary/aromatic N) is 1. The Morgan fingerprint density at radius 1 is 1.32 bits per heavy atom. The van der Waals surface area contributed by atoms with Crippen LogP contribution in [0.3, 0.4) is 0 Å². The smallest absolute Gasteiger partial charge is 0.0446 e. The van der Waals surface area contributed by atoms with Crippen LogP contribution in [0.1, 0.15) is 30.9 Å². The second-order valence-electron chi connectivity index (χ2n) is 5.72. The highest BCUT2D eigenvalue weighted by atomic mass is 16.3. The molecule has 0 spiro atoms. The molecule has 0 aromatic heterocycles. The normalized spacial score (nSPS) is 24.3. The molecule has 2 atom stereocenters. The average Bonchev–Trinajstić information content (AvgIpc) is 2.56. The molecule has 1 aromatic carbocycles. The number of aliphatic hydroxyl groups excluding tert-OH is 1. The molecule has 2 unspecified atom stereocenters. The standard InChI is InChI=1S/C16H26N2O/c1-12-4-5-16(10-13(12)2)18-11-15(7-9-19)17-8-6-14(18)3/h4-5,10,14-15,17,19H,6-9,11H2,1-3H3. The molecule has 19 heavy (non-hydrogen) atoms. The number of hydrogen-bond acceptors (Lipinski definition) is 3. The predicted molar refractivity (Wildman–Crippen MR) is 80.8 cm³/mol. The molecule has 1 fully saturated rings. The molecular weight excluding hydrogens is 236 g/mol. The average molecular weight is 262 g/mol. The highest BCUT2D eigenvalue weighted by molar-refractivity contribution is 5.51. The van der Waals surface area contributed by atoms with Crippen LogP contribution in [0, 0.1) is 13.8 Å². The summed E-state index contributed by atoms with van der Waals surface area (Å²) in [5.74, 6) is 0. The molecule has 1 heterocycles. The minimum atomic E-state index is 0.257. The summed E-state index contributed by atoms with van der Waals surface area (Å²) in [7, 11) is 0. The third-order valence-electron chi connectivity index (χ3n) is 4.24. The van der Waals surface area contributed by atoms with Crippen molar-refractivity contribution in [2.45, 2.75) is 45.7 Å². The van der Waals surface area contributed by atoms with Crippen LogP contribution < -0.4 is 10.2 Å². The lowest BCUT2D eigenvalue weighted by Gasteiger charge is -2.31. The van der Waals surface area contributed by atoms with Crippen molar-refractivity contribution in [1.82, 2.24) is 5.32 Å². The third kappa shape index (κ3) is 3.48. The Kier molecular flexibility index (Phi) is 4.83. The Labute approximate surface area is 116 Å². The third-order valence-corrected chi connectivity index (χ3v) is 4.24. The van der Waals surface area contributed by atoms with Crippen LogP contribution in [-0.2, 0) is 0 Å². The molecule has 1 saturated heterocycles. The van der Waals surface area contributed by atoms with Crippen LogP contribution in [0.15, 0.2) is 18.2 Å². The zero-order valence-electron chi connectivity index (χ0n) is 12.3. The van der Waals surface area contributed by atoms with Crippen LogP contribution in [0.2, 0.25) is 0 Å². The first kappa shape index (κ1) is 14.4. The predicted octanol–water partition coefficient (Wildman–Crippen LogP) is 2.24. The Morgan fingerprint density at radius 3 is 2.79 bits per heavy atom. The molecule has 1 aliphatic rings. The Hall–Kier alpha value is -1.06. The van der Waals surface area contributed by atoms with Gasteiger partial charge in [0.2, 0.25) is 0 Å². The summed E-state index contributed by atoms with van der Waals surface area (Å²) in [6.45, 7) is 8.88. The topological polar surface area (TPSA) is 35.5 Å². The van der Waals surface area contributed by atoms with Gasteiger partial charge in [0.15, 0.2) is 0 Å². The first-order valence-corrected chi connectivity index (χ1v) is 7.30. The van der Waals surface area contributed by atoms with Crippen molar-refractivity contribution in [3.05, 3.63) is 29.3 Å². The molecule has 0 amide bonds. The summed E-state index contributed by atoms with van der Waals surface area (Å²) in [6, 6.07) is 7.64. The van der Waals surface area contributed by atoms with Crippen molar-refractivity contribution >= 4 is 5.69 Å². The summed E-state index contributed by atoms with van der Waals surface area (Å²) in [5.41, 5.74) is 4.00. The molecule has 106 valence electrons. The molecule has 1 aromatic rings. The molecule has 0 saturated carbocycles. The van der Waals surface area contributed by atoms with E-state index in [9.17, 15) is 0 Å². The largest absolute Gasteiger partial charge is 0.396 e. The molecule has 0 radical (unpaired) electrons. The second-order valence-corrected chi connectivity index (χ2v) is 5.72. The van der Waals surface area contributed by atoms with Crippen molar-refractivity contribution in [2.75, 3.05) is 24.6 Å². The first-order valence-electron chi connectivity index (χ1n) is 7.30. The van der Waals surface area contributed by atoms with Gasteiger partial charge in [0.1, 0.15) is 0 Å². The van der Waals surface area contributed by atoms with E-state index in [1.807, 2.05) is 0 Å². The van der Waals surface area contributed by atoms with Crippen molar-refractivity contribution in [3.8, 4) is 0 Å². The number of nitrogens with one attached hydrogen (secondary N) is 1. The quantitative estimate of drug-likeness (QED) is 0.877. The highest BCUT2D eigenvalue weighted by Crippen LogP contribution is 2.23. The number of aliphatic hydroxyl groups is 1. The number of hydrogen-bond donors (Lipinski definition) is 2. The molecule has 2 rings (SSSR count). The van der Waals surface area contributed by atoms with E-state index < -0.39 is 0 Å². The summed E-state index contributed by atoms with van der Waals surface area (Å²) in [4.78, 5) is 2.48. The minimum Gasteiger partial charge on any atom is -0.396 e. The molecule has 0 bridgehead atoms. The summed E-state index contributed by atoms with van der Waals surface area (Å²) in [6.07, 6.45) is 1.98. The van der Waals surface area contributed by atoms with Gasteiger partial charge in [0, 0.05) is 30.9 Å². The lowest BCUT2D eigenvalue weighted by atomic mass is 10.1. The van der Waals surface area contributed by atoms with Crippen molar-refractivity contribution < 1.29 is 5.11 Å². The van der Waals surface area contributed by atoms with E-state index in [-0.39, 0.29) is 6.61 Å². The fourth-order valence-corrected chi connectivity index (χ4v) is 2.75. The molecule has 0 aliphatic carbocycles. The van der Waals surface area contributed by atoms with Gasteiger partial charge in [0.05, 0.1) is 0 Å². The Bertz CT molecular complexity index is 419. The van der Waals surface area contributed by atoms with Crippen LogP contribution >= 0.6 is 0 Å². The Morgan fingerprint density at radius 2 is 2.11 bits per heavy atom. The summed E-state index contributed by atoms with van der Waals surface area (Å²) >= 11 is 0. The lowest BCUT2D eigenvalue weighted by Crippen LogP contribution is -2.40. The maximum atomic E-state index is 9.16. The fourth-order valence-electron chi connectivity index (χ4n) is 2.75. The molecular formula is C16H26N2O. The van der Waals surface area contributed by atoms with Gasteiger partial charge >= 0.3 is 0 Å².